The van der Waals surface area contributed by atoms with Crippen LogP contribution in [-0.4, -0.2) is 39.6 Å². The van der Waals surface area contributed by atoms with Crippen LogP contribution in [0.1, 0.15) is 42.3 Å². The van der Waals surface area contributed by atoms with Crippen LogP contribution >= 0.6 is 0 Å². The predicted octanol–water partition coefficient (Wildman–Crippen LogP) is 4.00. The number of fused-ring (bicyclic) bond motifs is 3. The summed E-state index contributed by atoms with van der Waals surface area (Å²) >= 11 is 0. The van der Waals surface area contributed by atoms with Gasteiger partial charge < -0.3 is 15.2 Å². The number of benzene rings is 2. The van der Waals surface area contributed by atoms with E-state index in [0.717, 1.165) is 40.1 Å². The molecule has 1 aliphatic rings. The van der Waals surface area contributed by atoms with Crippen LogP contribution in [0, 0.1) is 0 Å². The fourth-order valence-electron chi connectivity index (χ4n) is 4.32. The molecule has 0 saturated carbocycles. The van der Waals surface area contributed by atoms with Crippen molar-refractivity contribution < 1.29 is 19.4 Å². The Hall–Kier alpha value is -3.61. The molecule has 0 aliphatic heterocycles. The number of carboxylic acid groups (broad SMARTS) is 1. The number of amides is 1. The Morgan fingerprint density at radius 3 is 2.28 bits per heavy atom. The van der Waals surface area contributed by atoms with E-state index < -0.39 is 18.1 Å². The summed E-state index contributed by atoms with van der Waals surface area (Å²) in [5, 5.41) is 16.6. The first-order valence-electron chi connectivity index (χ1n) is 10.9. The van der Waals surface area contributed by atoms with E-state index in [4.69, 9.17) is 4.74 Å². The summed E-state index contributed by atoms with van der Waals surface area (Å²) in [6, 6.07) is 16.9. The van der Waals surface area contributed by atoms with Crippen molar-refractivity contribution >= 4 is 12.1 Å². The average molecular weight is 434 g/mol. The van der Waals surface area contributed by atoms with Gasteiger partial charge in [0.1, 0.15) is 12.6 Å². The number of hydrogen-bond donors (Lipinski definition) is 2. The van der Waals surface area contributed by atoms with Gasteiger partial charge in [0.2, 0.25) is 0 Å². The monoisotopic (exact) mass is 433 g/mol. The Morgan fingerprint density at radius 1 is 1.09 bits per heavy atom. The highest BCUT2D eigenvalue weighted by molar-refractivity contribution is 5.81. The first kappa shape index (κ1) is 21.6. The zero-order chi connectivity index (χ0) is 22.7. The standard InChI is InChI=1S/C25H27N3O4/c1-3-16-13-17(28(4-2)27-16)14-23(24(29)30)26-25(31)32-15-22-20-11-7-5-9-18(20)19-10-6-8-12-21(19)22/h5-13,22-23H,3-4,14-15H2,1-2H3,(H,26,31)(H,29,30). The lowest BCUT2D eigenvalue weighted by atomic mass is 9.98. The Kier molecular flexibility index (Phi) is 6.25. The van der Waals surface area contributed by atoms with Crippen molar-refractivity contribution in [3.63, 3.8) is 0 Å². The van der Waals surface area contributed by atoms with Crippen molar-refractivity contribution in [2.24, 2.45) is 0 Å². The molecule has 166 valence electrons. The molecule has 1 aromatic heterocycles. The van der Waals surface area contributed by atoms with E-state index in [1.54, 1.807) is 4.68 Å². The van der Waals surface area contributed by atoms with Gasteiger partial charge in [0.05, 0.1) is 5.69 Å². The van der Waals surface area contributed by atoms with Gasteiger partial charge in [0.15, 0.2) is 0 Å². The molecule has 7 nitrogen and oxygen atoms in total. The number of carbonyl (C=O) groups is 2. The van der Waals surface area contributed by atoms with Crippen LogP contribution in [0.2, 0.25) is 0 Å². The van der Waals surface area contributed by atoms with E-state index in [1.165, 1.54) is 0 Å². The molecule has 2 N–H and O–H groups in total. The van der Waals surface area contributed by atoms with Crippen LogP contribution < -0.4 is 5.32 Å². The quantitative estimate of drug-likeness (QED) is 0.560. The van der Waals surface area contributed by atoms with Gasteiger partial charge in [0.25, 0.3) is 0 Å². The molecule has 1 amide bonds. The van der Waals surface area contributed by atoms with Crippen molar-refractivity contribution in [2.75, 3.05) is 6.61 Å². The van der Waals surface area contributed by atoms with Gasteiger partial charge in [-0.25, -0.2) is 9.59 Å². The summed E-state index contributed by atoms with van der Waals surface area (Å²) in [6.07, 6.45) is 0.162. The molecule has 0 spiro atoms. The second-order valence-corrected chi connectivity index (χ2v) is 7.86. The Balaban J connectivity index is 1.44. The van der Waals surface area contributed by atoms with E-state index in [9.17, 15) is 14.7 Å². The number of carboxylic acids is 1. The van der Waals surface area contributed by atoms with Gasteiger partial charge in [-0.1, -0.05) is 55.5 Å². The molecule has 3 aromatic rings. The minimum atomic E-state index is -1.11. The second kappa shape index (κ2) is 9.26. The summed E-state index contributed by atoms with van der Waals surface area (Å²) in [4.78, 5) is 24.3. The molecular formula is C25H27N3O4. The van der Waals surface area contributed by atoms with Crippen molar-refractivity contribution in [3.05, 3.63) is 77.1 Å². The smallest absolute Gasteiger partial charge is 0.407 e. The number of rotatable bonds is 8. The highest BCUT2D eigenvalue weighted by Crippen LogP contribution is 2.44. The van der Waals surface area contributed by atoms with Gasteiger partial charge in [-0.3, -0.25) is 4.68 Å². The highest BCUT2D eigenvalue weighted by Gasteiger charge is 2.30. The average Bonchev–Trinajstić information content (AvgIpc) is 3.35. The third kappa shape index (κ3) is 4.23. The van der Waals surface area contributed by atoms with E-state index in [1.807, 2.05) is 56.3 Å². The van der Waals surface area contributed by atoms with Crippen LogP contribution in [0.15, 0.2) is 54.6 Å². The Labute approximate surface area is 187 Å². The van der Waals surface area contributed by atoms with Crippen LogP contribution in [0.4, 0.5) is 4.79 Å². The normalized spacial score (nSPS) is 13.3. The number of hydrogen-bond acceptors (Lipinski definition) is 4. The molecule has 7 heteroatoms. The number of alkyl carbamates (subject to hydrolysis) is 1. The molecule has 1 atom stereocenters. The fourth-order valence-corrected chi connectivity index (χ4v) is 4.32. The van der Waals surface area contributed by atoms with Crippen molar-refractivity contribution in [1.82, 2.24) is 15.1 Å². The molecular weight excluding hydrogens is 406 g/mol. The zero-order valence-corrected chi connectivity index (χ0v) is 18.2. The maximum Gasteiger partial charge on any atom is 0.407 e. The Morgan fingerprint density at radius 2 is 1.72 bits per heavy atom. The first-order chi connectivity index (χ1) is 15.5. The lowest BCUT2D eigenvalue weighted by Crippen LogP contribution is -2.43. The fraction of sp³-hybridized carbons (Fsp3) is 0.320. The van der Waals surface area contributed by atoms with E-state index in [0.29, 0.717) is 6.54 Å². The SMILES string of the molecule is CCc1cc(CC(NC(=O)OCC2c3ccccc3-c3ccccc32)C(=O)O)n(CC)n1. The van der Waals surface area contributed by atoms with E-state index >= 15 is 0 Å². The molecule has 0 radical (unpaired) electrons. The van der Waals surface area contributed by atoms with E-state index in [2.05, 4.69) is 22.5 Å². The molecule has 32 heavy (non-hydrogen) atoms. The summed E-state index contributed by atoms with van der Waals surface area (Å²) < 4.78 is 7.28. The van der Waals surface area contributed by atoms with Gasteiger partial charge in [-0.2, -0.15) is 5.10 Å². The molecule has 0 bridgehead atoms. The van der Waals surface area contributed by atoms with Crippen molar-refractivity contribution in [1.29, 1.82) is 0 Å². The number of ether oxygens (including phenoxy) is 1. The number of aliphatic carboxylic acids is 1. The number of aromatic nitrogens is 2. The number of nitrogens with zero attached hydrogens (tertiary/aromatic N) is 2. The summed E-state index contributed by atoms with van der Waals surface area (Å²) in [6.45, 7) is 4.71. The van der Waals surface area contributed by atoms with Crippen molar-refractivity contribution in [3.8, 4) is 11.1 Å². The molecule has 2 aromatic carbocycles. The van der Waals surface area contributed by atoms with Crippen LogP contribution in [0.3, 0.4) is 0 Å². The van der Waals surface area contributed by atoms with Gasteiger partial charge in [-0.15, -0.1) is 0 Å². The van der Waals surface area contributed by atoms with Crippen LogP contribution in [0.25, 0.3) is 11.1 Å². The molecule has 0 fully saturated rings. The molecule has 1 heterocycles. The number of carbonyl (C=O) groups excluding carboxylic acids is 1. The predicted molar refractivity (Wildman–Crippen MR) is 121 cm³/mol. The lowest BCUT2D eigenvalue weighted by molar-refractivity contribution is -0.139. The summed E-state index contributed by atoms with van der Waals surface area (Å²) in [5.74, 6) is -1.19. The Bertz CT molecular complexity index is 1090. The maximum absolute atomic E-state index is 12.5. The minimum absolute atomic E-state index is 0.0786. The number of nitrogens with one attached hydrogen (secondary N) is 1. The highest BCUT2D eigenvalue weighted by atomic mass is 16.5. The number of aryl methyl sites for hydroxylation is 2. The molecule has 1 unspecified atom stereocenters. The molecule has 4 rings (SSSR count). The topological polar surface area (TPSA) is 93.5 Å². The molecule has 1 aliphatic carbocycles. The summed E-state index contributed by atoms with van der Waals surface area (Å²) in [5.41, 5.74) is 6.16. The van der Waals surface area contributed by atoms with Gasteiger partial charge >= 0.3 is 12.1 Å². The minimum Gasteiger partial charge on any atom is -0.480 e. The lowest BCUT2D eigenvalue weighted by Gasteiger charge is -2.17. The largest absolute Gasteiger partial charge is 0.480 e. The van der Waals surface area contributed by atoms with Gasteiger partial charge in [-0.05, 0) is 41.7 Å². The summed E-state index contributed by atoms with van der Waals surface area (Å²) in [7, 11) is 0. The van der Waals surface area contributed by atoms with Crippen molar-refractivity contribution in [2.45, 2.75) is 45.2 Å². The van der Waals surface area contributed by atoms with Crippen LogP contribution in [0.5, 0.6) is 0 Å². The van der Waals surface area contributed by atoms with Gasteiger partial charge in [0, 0.05) is 24.6 Å². The zero-order valence-electron chi connectivity index (χ0n) is 18.2. The van der Waals surface area contributed by atoms with Crippen LogP contribution in [-0.2, 0) is 28.9 Å². The third-order valence-electron chi connectivity index (χ3n) is 5.92. The first-order valence-corrected chi connectivity index (χ1v) is 10.9. The van der Waals surface area contributed by atoms with E-state index in [-0.39, 0.29) is 18.9 Å². The maximum atomic E-state index is 12.5. The third-order valence-corrected chi connectivity index (χ3v) is 5.92. The second-order valence-electron chi connectivity index (χ2n) is 7.86. The molecule has 0 saturated heterocycles.